The van der Waals surface area contributed by atoms with Crippen molar-refractivity contribution >= 4 is 11.9 Å². The second-order valence-corrected chi connectivity index (χ2v) is 5.40. The molecule has 0 radical (unpaired) electrons. The fraction of sp³-hybridized carbons (Fsp3) is 0.529. The number of ether oxygens (including phenoxy) is 1. The van der Waals surface area contributed by atoms with E-state index >= 15 is 0 Å². The van der Waals surface area contributed by atoms with E-state index in [-0.39, 0.29) is 11.9 Å². The Morgan fingerprint density at radius 2 is 2.00 bits per heavy atom. The van der Waals surface area contributed by atoms with Crippen molar-refractivity contribution in [3.63, 3.8) is 0 Å². The van der Waals surface area contributed by atoms with Crippen molar-refractivity contribution in [1.29, 1.82) is 0 Å². The van der Waals surface area contributed by atoms with E-state index in [9.17, 15) is 4.79 Å². The Kier molecular flexibility index (Phi) is 6.25. The summed E-state index contributed by atoms with van der Waals surface area (Å²) in [6.45, 7) is 4.73. The number of carbonyl (C=O) groups excluding carboxylic acids is 1. The molecule has 1 saturated heterocycles. The van der Waals surface area contributed by atoms with Gasteiger partial charge in [-0.25, -0.2) is 0 Å². The van der Waals surface area contributed by atoms with Crippen LogP contribution in [0.4, 0.5) is 0 Å². The van der Waals surface area contributed by atoms with Crippen LogP contribution in [0.3, 0.4) is 0 Å². The van der Waals surface area contributed by atoms with Gasteiger partial charge >= 0.3 is 5.97 Å². The van der Waals surface area contributed by atoms with Crippen molar-refractivity contribution < 1.29 is 9.53 Å². The van der Waals surface area contributed by atoms with Gasteiger partial charge in [0.05, 0.1) is 12.5 Å². The molecule has 1 aliphatic rings. The van der Waals surface area contributed by atoms with Crippen LogP contribution >= 0.6 is 0 Å². The number of nitrogens with zero attached hydrogens (tertiary/aromatic N) is 2. The maximum absolute atomic E-state index is 11.8. The number of esters is 1. The normalized spacial score (nSPS) is 16.5. The molecule has 1 heterocycles. The molecule has 1 fully saturated rings. The predicted molar refractivity (Wildman–Crippen MR) is 87.6 cm³/mol. The number of guanidine groups is 1. The van der Waals surface area contributed by atoms with Crippen LogP contribution in [0.25, 0.3) is 0 Å². The molecular weight excluding hydrogens is 278 g/mol. The third-order valence-corrected chi connectivity index (χ3v) is 3.92. The van der Waals surface area contributed by atoms with Gasteiger partial charge in [0.1, 0.15) is 0 Å². The summed E-state index contributed by atoms with van der Waals surface area (Å²) in [5.74, 6) is 0.865. The van der Waals surface area contributed by atoms with Crippen molar-refractivity contribution in [1.82, 2.24) is 10.2 Å². The Morgan fingerprint density at radius 3 is 2.59 bits per heavy atom. The minimum atomic E-state index is -0.0608. The molecule has 1 aromatic rings. The highest BCUT2D eigenvalue weighted by Crippen LogP contribution is 2.18. The number of carbonyl (C=O) groups is 1. The highest BCUT2D eigenvalue weighted by molar-refractivity contribution is 5.80. The first-order chi connectivity index (χ1) is 10.7. The van der Waals surface area contributed by atoms with Gasteiger partial charge in [-0.15, -0.1) is 0 Å². The summed E-state index contributed by atoms with van der Waals surface area (Å²) in [5.41, 5.74) is 1.23. The van der Waals surface area contributed by atoms with Crippen LogP contribution < -0.4 is 5.32 Å². The summed E-state index contributed by atoms with van der Waals surface area (Å²) in [7, 11) is 1.80. The molecular formula is C17H25N3O2. The molecule has 0 atom stereocenters. The average Bonchev–Trinajstić information content (AvgIpc) is 2.57. The van der Waals surface area contributed by atoms with E-state index < -0.39 is 0 Å². The molecule has 5 nitrogen and oxygen atoms in total. The lowest BCUT2D eigenvalue weighted by molar-refractivity contribution is -0.149. The number of hydrogen-bond donors (Lipinski definition) is 1. The topological polar surface area (TPSA) is 53.9 Å². The van der Waals surface area contributed by atoms with Crippen LogP contribution in [0.1, 0.15) is 25.3 Å². The van der Waals surface area contributed by atoms with Crippen molar-refractivity contribution in [2.45, 2.75) is 26.3 Å². The number of benzene rings is 1. The molecule has 0 aromatic heterocycles. The molecule has 0 spiro atoms. The highest BCUT2D eigenvalue weighted by atomic mass is 16.5. The zero-order valence-corrected chi connectivity index (χ0v) is 13.4. The van der Waals surface area contributed by atoms with Crippen LogP contribution in [-0.2, 0) is 16.1 Å². The molecule has 5 heteroatoms. The second kappa shape index (κ2) is 8.41. The summed E-state index contributed by atoms with van der Waals surface area (Å²) in [6, 6.07) is 10.3. The quantitative estimate of drug-likeness (QED) is 0.525. The molecule has 0 unspecified atom stereocenters. The number of aliphatic imine (C=N–C) groups is 1. The van der Waals surface area contributed by atoms with Crippen LogP contribution in [-0.4, -0.2) is 43.6 Å². The third-order valence-electron chi connectivity index (χ3n) is 3.92. The summed E-state index contributed by atoms with van der Waals surface area (Å²) in [5, 5.41) is 3.38. The molecule has 0 amide bonds. The van der Waals surface area contributed by atoms with Gasteiger partial charge in [0.25, 0.3) is 0 Å². The van der Waals surface area contributed by atoms with Gasteiger partial charge in [0, 0.05) is 26.7 Å². The molecule has 120 valence electrons. The molecule has 1 aliphatic heterocycles. The lowest BCUT2D eigenvalue weighted by Gasteiger charge is -2.33. The first kappa shape index (κ1) is 16.3. The fourth-order valence-corrected chi connectivity index (χ4v) is 2.70. The smallest absolute Gasteiger partial charge is 0.309 e. The van der Waals surface area contributed by atoms with Crippen molar-refractivity contribution in [2.24, 2.45) is 10.9 Å². The average molecular weight is 303 g/mol. The molecule has 1 N–H and O–H groups in total. The van der Waals surface area contributed by atoms with E-state index in [1.807, 2.05) is 25.1 Å². The molecule has 0 aliphatic carbocycles. The Bertz CT molecular complexity index is 494. The number of likely N-dealkylation sites (tertiary alicyclic amines) is 1. The standard InChI is InChI=1S/C17H25N3O2/c1-3-22-16(21)15-9-11-20(12-10-15)17(18-2)19-13-14-7-5-4-6-8-14/h4-8,15H,3,9-13H2,1-2H3,(H,18,19). The van der Waals surface area contributed by atoms with Gasteiger partial charge < -0.3 is 15.0 Å². The van der Waals surface area contributed by atoms with Crippen molar-refractivity contribution in [3.8, 4) is 0 Å². The number of piperidine rings is 1. The van der Waals surface area contributed by atoms with E-state index in [4.69, 9.17) is 4.74 Å². The van der Waals surface area contributed by atoms with Crippen LogP contribution in [0.5, 0.6) is 0 Å². The van der Waals surface area contributed by atoms with Gasteiger partial charge in [-0.1, -0.05) is 30.3 Å². The Balaban J connectivity index is 1.82. The number of rotatable bonds is 4. The Morgan fingerprint density at radius 1 is 1.32 bits per heavy atom. The van der Waals surface area contributed by atoms with Crippen molar-refractivity contribution in [3.05, 3.63) is 35.9 Å². The first-order valence-electron chi connectivity index (χ1n) is 7.90. The second-order valence-electron chi connectivity index (χ2n) is 5.40. The minimum absolute atomic E-state index is 0.0310. The van der Waals surface area contributed by atoms with Gasteiger partial charge in [-0.3, -0.25) is 9.79 Å². The molecule has 1 aromatic carbocycles. The van der Waals surface area contributed by atoms with Crippen LogP contribution in [0, 0.1) is 5.92 Å². The Labute approximate surface area is 132 Å². The molecule has 0 saturated carbocycles. The summed E-state index contributed by atoms with van der Waals surface area (Å²) in [4.78, 5) is 18.3. The fourth-order valence-electron chi connectivity index (χ4n) is 2.70. The lowest BCUT2D eigenvalue weighted by atomic mass is 9.97. The number of hydrogen-bond acceptors (Lipinski definition) is 3. The van der Waals surface area contributed by atoms with Gasteiger partial charge in [0.2, 0.25) is 0 Å². The molecule has 0 bridgehead atoms. The zero-order chi connectivity index (χ0) is 15.8. The minimum Gasteiger partial charge on any atom is -0.466 e. The van der Waals surface area contributed by atoms with Crippen LogP contribution in [0.15, 0.2) is 35.3 Å². The van der Waals surface area contributed by atoms with Crippen molar-refractivity contribution in [2.75, 3.05) is 26.7 Å². The lowest BCUT2D eigenvalue weighted by Crippen LogP contribution is -2.46. The van der Waals surface area contributed by atoms with Gasteiger partial charge in [-0.2, -0.15) is 0 Å². The Hall–Kier alpha value is -2.04. The third kappa shape index (κ3) is 4.48. The van der Waals surface area contributed by atoms with E-state index in [1.165, 1.54) is 5.56 Å². The highest BCUT2D eigenvalue weighted by Gasteiger charge is 2.27. The largest absolute Gasteiger partial charge is 0.466 e. The predicted octanol–water partition coefficient (Wildman–Crippen LogP) is 2.04. The number of nitrogens with one attached hydrogen (secondary N) is 1. The maximum atomic E-state index is 11.8. The summed E-state index contributed by atoms with van der Waals surface area (Å²) in [6.07, 6.45) is 1.65. The van der Waals surface area contributed by atoms with Gasteiger partial charge in [-0.05, 0) is 25.3 Å². The summed E-state index contributed by atoms with van der Waals surface area (Å²) >= 11 is 0. The van der Waals surface area contributed by atoms with E-state index in [0.717, 1.165) is 38.4 Å². The van der Waals surface area contributed by atoms with E-state index in [2.05, 4.69) is 27.3 Å². The zero-order valence-electron chi connectivity index (χ0n) is 13.4. The first-order valence-corrected chi connectivity index (χ1v) is 7.90. The van der Waals surface area contributed by atoms with E-state index in [1.54, 1.807) is 7.05 Å². The molecule has 22 heavy (non-hydrogen) atoms. The van der Waals surface area contributed by atoms with Crippen LogP contribution in [0.2, 0.25) is 0 Å². The SMILES string of the molecule is CCOC(=O)C1CCN(C(=NC)NCc2ccccc2)CC1. The van der Waals surface area contributed by atoms with Gasteiger partial charge in [0.15, 0.2) is 5.96 Å². The summed E-state index contributed by atoms with van der Waals surface area (Å²) < 4.78 is 5.11. The maximum Gasteiger partial charge on any atom is 0.309 e. The monoisotopic (exact) mass is 303 g/mol. The van der Waals surface area contributed by atoms with E-state index in [0.29, 0.717) is 6.61 Å². The molecule has 2 rings (SSSR count).